The molecule has 0 atom stereocenters. The molecule has 2 aromatic rings. The normalized spacial score (nSPS) is 18.7. The molecule has 0 amide bonds. The lowest BCUT2D eigenvalue weighted by Crippen LogP contribution is -2.40. The highest BCUT2D eigenvalue weighted by atomic mass is 32.2. The van der Waals surface area contributed by atoms with Gasteiger partial charge in [0, 0.05) is 18.7 Å². The molecule has 0 spiro atoms. The van der Waals surface area contributed by atoms with Crippen molar-refractivity contribution in [3.05, 3.63) is 65.7 Å². The van der Waals surface area contributed by atoms with Crippen molar-refractivity contribution >= 4 is 21.8 Å². The number of benzene rings is 2. The number of hydrogen-bond donors (Lipinski definition) is 0. The first-order valence-electron chi connectivity index (χ1n) is 8.94. The van der Waals surface area contributed by atoms with Gasteiger partial charge in [0.25, 0.3) is 10.0 Å². The Kier molecular flexibility index (Phi) is 4.70. The van der Waals surface area contributed by atoms with Crippen LogP contribution in [0.5, 0.6) is 0 Å². The van der Waals surface area contributed by atoms with Crippen LogP contribution in [0.2, 0.25) is 0 Å². The first-order chi connectivity index (χ1) is 13.0. The number of nitrogens with zero attached hydrogens (tertiary/aromatic N) is 2. The van der Waals surface area contributed by atoms with Gasteiger partial charge in [-0.05, 0) is 30.5 Å². The molecule has 7 heteroatoms. The molecule has 1 fully saturated rings. The third-order valence-corrected chi connectivity index (χ3v) is 6.29. The van der Waals surface area contributed by atoms with E-state index in [9.17, 15) is 13.2 Å². The van der Waals surface area contributed by atoms with E-state index in [-0.39, 0.29) is 23.4 Å². The number of likely N-dealkylation sites (tertiary alicyclic amines) is 1. The zero-order valence-electron chi connectivity index (χ0n) is 14.7. The maximum atomic E-state index is 12.3. The Labute approximate surface area is 158 Å². The Morgan fingerprint density at radius 1 is 1.04 bits per heavy atom. The van der Waals surface area contributed by atoms with Gasteiger partial charge in [0.15, 0.2) is 5.84 Å². The van der Waals surface area contributed by atoms with Crippen molar-refractivity contribution in [3.63, 3.8) is 0 Å². The molecular formula is C20H20N2O4S. The Bertz CT molecular complexity index is 978. The minimum atomic E-state index is -3.62. The zero-order chi connectivity index (χ0) is 18.9. The predicted molar refractivity (Wildman–Crippen MR) is 101 cm³/mol. The highest BCUT2D eigenvalue weighted by Gasteiger charge is 2.34. The fraction of sp³-hybridized carbons (Fsp3) is 0.300. The summed E-state index contributed by atoms with van der Waals surface area (Å²) >= 11 is 0. The summed E-state index contributed by atoms with van der Waals surface area (Å²) in [5.74, 6) is 0.125. The summed E-state index contributed by atoms with van der Waals surface area (Å²) < 4.78 is 33.8. The number of amidine groups is 1. The highest BCUT2D eigenvalue weighted by molar-refractivity contribution is 7.90. The van der Waals surface area contributed by atoms with E-state index in [2.05, 4.69) is 4.40 Å². The number of piperidine rings is 1. The Morgan fingerprint density at radius 3 is 2.44 bits per heavy atom. The van der Waals surface area contributed by atoms with E-state index in [0.717, 1.165) is 5.56 Å². The maximum Gasteiger partial charge on any atom is 0.309 e. The molecule has 0 saturated carbocycles. The second-order valence-corrected chi connectivity index (χ2v) is 8.31. The molecule has 0 bridgehead atoms. The highest BCUT2D eigenvalue weighted by Crippen LogP contribution is 2.30. The van der Waals surface area contributed by atoms with E-state index in [1.54, 1.807) is 18.2 Å². The molecule has 0 N–H and O–H groups in total. The zero-order valence-corrected chi connectivity index (χ0v) is 15.6. The van der Waals surface area contributed by atoms with Gasteiger partial charge >= 0.3 is 5.97 Å². The van der Waals surface area contributed by atoms with Gasteiger partial charge < -0.3 is 9.64 Å². The van der Waals surface area contributed by atoms with Crippen LogP contribution in [0.15, 0.2) is 63.9 Å². The van der Waals surface area contributed by atoms with Crippen molar-refractivity contribution in [2.45, 2.75) is 24.3 Å². The topological polar surface area (TPSA) is 76.0 Å². The lowest BCUT2D eigenvalue weighted by molar-refractivity contribution is -0.151. The van der Waals surface area contributed by atoms with Gasteiger partial charge in [-0.25, -0.2) is 0 Å². The summed E-state index contributed by atoms with van der Waals surface area (Å²) in [5.41, 5.74) is 1.60. The second-order valence-electron chi connectivity index (χ2n) is 6.74. The number of esters is 1. The summed E-state index contributed by atoms with van der Waals surface area (Å²) in [5, 5.41) is 0. The Hall–Kier alpha value is -2.67. The number of carbonyl (C=O) groups is 1. The minimum Gasteiger partial charge on any atom is -0.461 e. The monoisotopic (exact) mass is 384 g/mol. The molecule has 0 aromatic heterocycles. The molecule has 2 aliphatic rings. The average Bonchev–Trinajstić information content (AvgIpc) is 2.98. The van der Waals surface area contributed by atoms with Gasteiger partial charge in [0.2, 0.25) is 0 Å². The smallest absolute Gasteiger partial charge is 0.309 e. The molecule has 4 rings (SSSR count). The fourth-order valence-corrected chi connectivity index (χ4v) is 4.72. The van der Waals surface area contributed by atoms with Gasteiger partial charge in [-0.3, -0.25) is 4.79 Å². The molecule has 2 aliphatic heterocycles. The van der Waals surface area contributed by atoms with Crippen molar-refractivity contribution in [2.75, 3.05) is 13.1 Å². The van der Waals surface area contributed by atoms with Crippen molar-refractivity contribution in [1.29, 1.82) is 0 Å². The number of carbonyl (C=O) groups excluding carboxylic acids is 1. The van der Waals surface area contributed by atoms with Crippen LogP contribution in [-0.4, -0.2) is 38.2 Å². The predicted octanol–water partition coefficient (Wildman–Crippen LogP) is 2.59. The van der Waals surface area contributed by atoms with E-state index < -0.39 is 10.0 Å². The van der Waals surface area contributed by atoms with Crippen LogP contribution >= 0.6 is 0 Å². The Balaban J connectivity index is 1.38. The third kappa shape index (κ3) is 3.60. The first-order valence-corrected chi connectivity index (χ1v) is 10.4. The largest absolute Gasteiger partial charge is 0.461 e. The molecule has 27 heavy (non-hydrogen) atoms. The third-order valence-electron chi connectivity index (χ3n) is 4.96. The van der Waals surface area contributed by atoms with Crippen molar-refractivity contribution < 1.29 is 17.9 Å². The average molecular weight is 384 g/mol. The number of sulfonamides is 1. The van der Waals surface area contributed by atoms with E-state index in [1.165, 1.54) is 0 Å². The van der Waals surface area contributed by atoms with Crippen LogP contribution in [0.4, 0.5) is 0 Å². The maximum absolute atomic E-state index is 12.3. The lowest BCUT2D eigenvalue weighted by atomic mass is 9.96. The second kappa shape index (κ2) is 7.15. The summed E-state index contributed by atoms with van der Waals surface area (Å²) in [7, 11) is -3.62. The molecule has 140 valence electrons. The summed E-state index contributed by atoms with van der Waals surface area (Å²) in [6.45, 7) is 1.43. The van der Waals surface area contributed by atoms with Gasteiger partial charge in [-0.2, -0.15) is 8.42 Å². The standard InChI is InChI=1S/C20H20N2O4S/c23-20(26-14-15-6-2-1-3-7-15)16-10-12-22(13-11-16)19-17-8-4-5-9-18(17)27(24,25)21-19/h1-9,16H,10-14H2. The van der Waals surface area contributed by atoms with Crippen LogP contribution in [0, 0.1) is 5.92 Å². The van der Waals surface area contributed by atoms with Crippen LogP contribution in [0.25, 0.3) is 0 Å². The number of ether oxygens (including phenoxy) is 1. The number of hydrogen-bond acceptors (Lipinski definition) is 5. The van der Waals surface area contributed by atoms with Crippen molar-refractivity contribution in [2.24, 2.45) is 10.3 Å². The molecule has 2 heterocycles. The molecular weight excluding hydrogens is 364 g/mol. The first kappa shape index (κ1) is 17.7. The van der Waals surface area contributed by atoms with Crippen molar-refractivity contribution in [1.82, 2.24) is 4.90 Å². The van der Waals surface area contributed by atoms with Gasteiger partial charge in [0.05, 0.1) is 5.92 Å². The molecule has 2 aromatic carbocycles. The molecule has 0 radical (unpaired) electrons. The summed E-state index contributed by atoms with van der Waals surface area (Å²) in [6, 6.07) is 16.5. The van der Waals surface area contributed by atoms with Crippen LogP contribution < -0.4 is 0 Å². The number of rotatable bonds is 3. The van der Waals surface area contributed by atoms with Crippen LogP contribution in [0.1, 0.15) is 24.0 Å². The lowest BCUT2D eigenvalue weighted by Gasteiger charge is -2.32. The molecule has 1 saturated heterocycles. The van der Waals surface area contributed by atoms with Crippen LogP contribution in [0.3, 0.4) is 0 Å². The van der Waals surface area contributed by atoms with Crippen molar-refractivity contribution in [3.8, 4) is 0 Å². The van der Waals surface area contributed by atoms with E-state index in [4.69, 9.17) is 4.74 Å². The minimum absolute atomic E-state index is 0.168. The molecule has 0 unspecified atom stereocenters. The van der Waals surface area contributed by atoms with E-state index in [1.807, 2.05) is 41.3 Å². The summed E-state index contributed by atoms with van der Waals surface area (Å²) in [4.78, 5) is 14.5. The quantitative estimate of drug-likeness (QED) is 0.761. The summed E-state index contributed by atoms with van der Waals surface area (Å²) in [6.07, 6.45) is 1.24. The van der Waals surface area contributed by atoms with E-state index >= 15 is 0 Å². The van der Waals surface area contributed by atoms with Gasteiger partial charge in [0.1, 0.15) is 11.5 Å². The van der Waals surface area contributed by atoms with Gasteiger partial charge in [-0.15, -0.1) is 4.40 Å². The number of fused-ring (bicyclic) bond motifs is 1. The fourth-order valence-electron chi connectivity index (χ4n) is 3.49. The van der Waals surface area contributed by atoms with E-state index in [0.29, 0.717) is 37.3 Å². The van der Waals surface area contributed by atoms with Crippen LogP contribution in [-0.2, 0) is 26.2 Å². The SMILES string of the molecule is O=C(OCc1ccccc1)C1CCN(C2=NS(=O)(=O)c3ccccc32)CC1. The molecule has 6 nitrogen and oxygen atoms in total. The van der Waals surface area contributed by atoms with Gasteiger partial charge in [-0.1, -0.05) is 42.5 Å². The Morgan fingerprint density at radius 2 is 1.70 bits per heavy atom. The molecule has 0 aliphatic carbocycles.